The maximum Gasteiger partial charge on any atom is 0.325 e. The molecule has 7 nitrogen and oxygen atoms in total. The van der Waals surface area contributed by atoms with Gasteiger partial charge in [-0.2, -0.15) is 5.10 Å². The molecule has 1 aliphatic heterocycles. The number of carboxylic acids is 1. The van der Waals surface area contributed by atoms with Crippen LogP contribution in [0.4, 0.5) is 0 Å². The molecule has 0 spiro atoms. The van der Waals surface area contributed by atoms with E-state index >= 15 is 0 Å². The zero-order chi connectivity index (χ0) is 18.7. The van der Waals surface area contributed by atoms with Gasteiger partial charge in [-0.25, -0.2) is 0 Å². The molecule has 0 unspecified atom stereocenters. The number of amides is 1. The molecule has 1 N–H and O–H groups in total. The van der Waals surface area contributed by atoms with Gasteiger partial charge in [-0.3, -0.25) is 19.2 Å². The van der Waals surface area contributed by atoms with Crippen LogP contribution >= 0.6 is 23.2 Å². The maximum absolute atomic E-state index is 12.5. The van der Waals surface area contributed by atoms with Crippen molar-refractivity contribution in [2.24, 2.45) is 0 Å². The summed E-state index contributed by atoms with van der Waals surface area (Å²) in [6.07, 6.45) is 1.50. The molecule has 0 aliphatic carbocycles. The van der Waals surface area contributed by atoms with Gasteiger partial charge in [0.25, 0.3) is 5.91 Å². The van der Waals surface area contributed by atoms with Gasteiger partial charge in [0.1, 0.15) is 12.2 Å². The first-order valence-electron chi connectivity index (χ1n) is 8.13. The van der Waals surface area contributed by atoms with Crippen LogP contribution < -0.4 is 0 Å². The average molecular weight is 397 g/mol. The first-order valence-corrected chi connectivity index (χ1v) is 8.89. The molecule has 26 heavy (non-hydrogen) atoms. The molecule has 1 saturated heterocycles. The predicted octanol–water partition coefficient (Wildman–Crippen LogP) is 2.23. The first-order chi connectivity index (χ1) is 12.4. The van der Waals surface area contributed by atoms with E-state index in [1.165, 1.54) is 10.9 Å². The first kappa shape index (κ1) is 18.7. The molecule has 0 radical (unpaired) electrons. The fourth-order valence-corrected chi connectivity index (χ4v) is 3.33. The van der Waals surface area contributed by atoms with Gasteiger partial charge in [0.2, 0.25) is 0 Å². The lowest BCUT2D eigenvalue weighted by Crippen LogP contribution is -2.48. The Hall–Kier alpha value is -2.09. The molecule has 1 aromatic carbocycles. The Morgan fingerprint density at radius 3 is 2.50 bits per heavy atom. The average Bonchev–Trinajstić information content (AvgIpc) is 3.05. The normalized spacial score (nSPS) is 15.2. The van der Waals surface area contributed by atoms with E-state index in [-0.39, 0.29) is 18.1 Å². The third-order valence-electron chi connectivity index (χ3n) is 4.23. The summed E-state index contributed by atoms with van der Waals surface area (Å²) in [4.78, 5) is 27.2. The van der Waals surface area contributed by atoms with Crippen molar-refractivity contribution in [3.63, 3.8) is 0 Å². The summed E-state index contributed by atoms with van der Waals surface area (Å²) in [5.41, 5.74) is 1.27. The number of carboxylic acid groups (broad SMARTS) is 1. The van der Waals surface area contributed by atoms with Crippen molar-refractivity contribution in [1.82, 2.24) is 19.6 Å². The summed E-state index contributed by atoms with van der Waals surface area (Å²) in [5.74, 6) is -1.18. The lowest BCUT2D eigenvalue weighted by Gasteiger charge is -2.34. The number of hydrogen-bond donors (Lipinski definition) is 1. The number of piperazine rings is 1. The van der Waals surface area contributed by atoms with E-state index in [1.54, 1.807) is 17.0 Å². The largest absolute Gasteiger partial charge is 0.480 e. The van der Waals surface area contributed by atoms with Gasteiger partial charge in [-0.15, -0.1) is 0 Å². The number of rotatable bonds is 5. The highest BCUT2D eigenvalue weighted by atomic mass is 35.5. The highest BCUT2D eigenvalue weighted by Crippen LogP contribution is 2.22. The van der Waals surface area contributed by atoms with Crippen LogP contribution in [0, 0.1) is 0 Å². The quantitative estimate of drug-likeness (QED) is 0.837. The van der Waals surface area contributed by atoms with Crippen LogP contribution in [0.25, 0.3) is 0 Å². The summed E-state index contributed by atoms with van der Waals surface area (Å²) in [6, 6.07) is 7.00. The maximum atomic E-state index is 12.5. The third-order valence-corrected chi connectivity index (χ3v) is 4.81. The van der Waals surface area contributed by atoms with E-state index in [1.807, 2.05) is 12.1 Å². The second-order valence-electron chi connectivity index (χ2n) is 6.10. The Kier molecular flexibility index (Phi) is 5.80. The van der Waals surface area contributed by atoms with Gasteiger partial charge in [0, 0.05) is 49.0 Å². The van der Waals surface area contributed by atoms with E-state index in [9.17, 15) is 9.59 Å². The molecule has 0 atom stereocenters. The molecule has 138 valence electrons. The van der Waals surface area contributed by atoms with Crippen molar-refractivity contribution >= 4 is 35.1 Å². The number of hydrogen-bond acceptors (Lipinski definition) is 4. The predicted molar refractivity (Wildman–Crippen MR) is 97.5 cm³/mol. The van der Waals surface area contributed by atoms with Crippen LogP contribution in [0.3, 0.4) is 0 Å². The van der Waals surface area contributed by atoms with Gasteiger partial charge < -0.3 is 10.0 Å². The number of carbonyl (C=O) groups is 2. The third kappa shape index (κ3) is 4.55. The van der Waals surface area contributed by atoms with Crippen LogP contribution in [0.5, 0.6) is 0 Å². The van der Waals surface area contributed by atoms with Crippen molar-refractivity contribution in [3.05, 3.63) is 51.8 Å². The molecule has 1 fully saturated rings. The zero-order valence-electron chi connectivity index (χ0n) is 13.9. The van der Waals surface area contributed by atoms with Gasteiger partial charge in [-0.05, 0) is 23.8 Å². The summed E-state index contributed by atoms with van der Waals surface area (Å²) < 4.78 is 1.24. The van der Waals surface area contributed by atoms with E-state index in [4.69, 9.17) is 28.3 Å². The molecule has 1 amide bonds. The van der Waals surface area contributed by atoms with Crippen molar-refractivity contribution in [2.45, 2.75) is 13.1 Å². The Morgan fingerprint density at radius 1 is 1.12 bits per heavy atom. The summed E-state index contributed by atoms with van der Waals surface area (Å²) >= 11 is 12.1. The van der Waals surface area contributed by atoms with E-state index in [2.05, 4.69) is 10.00 Å². The molecular weight excluding hydrogens is 379 g/mol. The summed E-state index contributed by atoms with van der Waals surface area (Å²) in [5, 5.41) is 14.0. The fraction of sp³-hybridized carbons (Fsp3) is 0.353. The standard InChI is InChI=1S/C17H18Cl2N4O3/c18-13-2-1-12(14(19)9-13)10-21-5-7-22(8-6-21)17(26)15-3-4-23(20-15)11-16(24)25/h1-4,9H,5-8,10-11H2,(H,24,25). The smallest absolute Gasteiger partial charge is 0.325 e. The van der Waals surface area contributed by atoms with Crippen molar-refractivity contribution in [2.75, 3.05) is 26.2 Å². The van der Waals surface area contributed by atoms with Gasteiger partial charge in [0.05, 0.1) is 0 Å². The second-order valence-corrected chi connectivity index (χ2v) is 6.94. The highest BCUT2D eigenvalue weighted by molar-refractivity contribution is 6.35. The molecule has 1 aliphatic rings. The molecule has 0 saturated carbocycles. The van der Waals surface area contributed by atoms with Gasteiger partial charge in [0.15, 0.2) is 0 Å². The van der Waals surface area contributed by atoms with Crippen LogP contribution in [0.1, 0.15) is 16.1 Å². The van der Waals surface area contributed by atoms with E-state index in [0.717, 1.165) is 18.7 Å². The van der Waals surface area contributed by atoms with Crippen LogP contribution in [-0.4, -0.2) is 62.7 Å². The lowest BCUT2D eigenvalue weighted by atomic mass is 10.2. The molecule has 0 bridgehead atoms. The topological polar surface area (TPSA) is 78.7 Å². The number of benzene rings is 1. The number of carbonyl (C=O) groups excluding carboxylic acids is 1. The van der Waals surface area contributed by atoms with Crippen molar-refractivity contribution in [1.29, 1.82) is 0 Å². The van der Waals surface area contributed by atoms with Gasteiger partial charge in [-0.1, -0.05) is 29.3 Å². The van der Waals surface area contributed by atoms with Crippen LogP contribution in [0.2, 0.25) is 10.0 Å². The summed E-state index contributed by atoms with van der Waals surface area (Å²) in [6.45, 7) is 3.04. The number of halogens is 2. The van der Waals surface area contributed by atoms with Crippen LogP contribution in [0.15, 0.2) is 30.5 Å². The monoisotopic (exact) mass is 396 g/mol. The molecular formula is C17H18Cl2N4O3. The Labute approximate surface area is 160 Å². The Bertz CT molecular complexity index is 816. The number of aliphatic carboxylic acids is 1. The van der Waals surface area contributed by atoms with Gasteiger partial charge >= 0.3 is 5.97 Å². The Balaban J connectivity index is 1.55. The Morgan fingerprint density at radius 2 is 1.85 bits per heavy atom. The van der Waals surface area contributed by atoms with Crippen LogP contribution in [-0.2, 0) is 17.9 Å². The molecule has 9 heteroatoms. The molecule has 2 heterocycles. The van der Waals surface area contributed by atoms with E-state index < -0.39 is 5.97 Å². The van der Waals surface area contributed by atoms with Crippen molar-refractivity contribution in [3.8, 4) is 0 Å². The minimum Gasteiger partial charge on any atom is -0.480 e. The minimum atomic E-state index is -0.999. The molecule has 3 rings (SSSR count). The molecule has 2 aromatic rings. The number of nitrogens with zero attached hydrogens (tertiary/aromatic N) is 4. The summed E-state index contributed by atoms with van der Waals surface area (Å²) in [7, 11) is 0. The molecule has 1 aromatic heterocycles. The number of aromatic nitrogens is 2. The second kappa shape index (κ2) is 8.07. The lowest BCUT2D eigenvalue weighted by molar-refractivity contribution is -0.137. The SMILES string of the molecule is O=C(O)Cn1ccc(C(=O)N2CCN(Cc3ccc(Cl)cc3Cl)CC2)n1. The van der Waals surface area contributed by atoms with E-state index in [0.29, 0.717) is 29.7 Å². The zero-order valence-corrected chi connectivity index (χ0v) is 15.4. The minimum absolute atomic E-state index is 0.182. The van der Waals surface area contributed by atoms with Crippen molar-refractivity contribution < 1.29 is 14.7 Å². The highest BCUT2D eigenvalue weighted by Gasteiger charge is 2.24. The fourth-order valence-electron chi connectivity index (χ4n) is 2.86.